The molecule has 1 N–H and O–H groups in total. The Hall–Kier alpha value is -2.47. The number of ether oxygens (including phenoxy) is 1. The minimum atomic E-state index is -0.478. The molecule has 0 unspecified atom stereocenters. The summed E-state index contributed by atoms with van der Waals surface area (Å²) in [5.41, 5.74) is 0.516. The van der Waals surface area contributed by atoms with E-state index in [1.54, 1.807) is 36.4 Å². The number of likely N-dealkylation sites (tertiary alicyclic amines) is 1. The quantitative estimate of drug-likeness (QED) is 0.807. The first-order valence-electron chi connectivity index (χ1n) is 8.65. The van der Waals surface area contributed by atoms with Crippen LogP contribution in [0.4, 0.5) is 10.1 Å². The highest BCUT2D eigenvalue weighted by Crippen LogP contribution is 2.20. The van der Waals surface area contributed by atoms with Crippen LogP contribution in [0.3, 0.4) is 0 Å². The lowest BCUT2D eigenvalue weighted by molar-refractivity contribution is 0.102. The Morgan fingerprint density at radius 1 is 1.19 bits per heavy atom. The average Bonchev–Trinajstić information content (AvgIpc) is 2.64. The summed E-state index contributed by atoms with van der Waals surface area (Å²) in [6, 6.07) is 12.8. The van der Waals surface area contributed by atoms with Crippen LogP contribution in [0.2, 0.25) is 0 Å². The summed E-state index contributed by atoms with van der Waals surface area (Å²) in [7, 11) is 0. The number of thiocarbonyl (C=S) groups is 1. The highest BCUT2D eigenvalue weighted by molar-refractivity contribution is 7.80. The van der Waals surface area contributed by atoms with E-state index in [9.17, 15) is 9.18 Å². The van der Waals surface area contributed by atoms with E-state index in [2.05, 4.69) is 12.2 Å². The number of nitrogens with zero attached hydrogens (tertiary/aromatic N) is 1. The Labute approximate surface area is 158 Å². The fourth-order valence-electron chi connectivity index (χ4n) is 2.81. The number of nitrogens with one attached hydrogen (secondary N) is 1. The Kier molecular flexibility index (Phi) is 5.83. The Balaban J connectivity index is 1.65. The van der Waals surface area contributed by atoms with Crippen LogP contribution in [-0.4, -0.2) is 29.1 Å². The van der Waals surface area contributed by atoms with Crippen molar-refractivity contribution >= 4 is 29.0 Å². The van der Waals surface area contributed by atoms with Crippen molar-refractivity contribution < 1.29 is 13.9 Å². The van der Waals surface area contributed by atoms with Crippen LogP contribution in [0, 0.1) is 11.7 Å². The second-order valence-corrected chi connectivity index (χ2v) is 6.85. The summed E-state index contributed by atoms with van der Waals surface area (Å²) >= 11 is 5.38. The molecule has 0 saturated carbocycles. The molecular weight excluding hydrogens is 351 g/mol. The second-order valence-electron chi connectivity index (χ2n) is 6.50. The van der Waals surface area contributed by atoms with E-state index in [-0.39, 0.29) is 5.69 Å². The molecule has 1 aliphatic rings. The number of anilines is 1. The van der Waals surface area contributed by atoms with Crippen LogP contribution in [0.15, 0.2) is 48.5 Å². The van der Waals surface area contributed by atoms with Crippen LogP contribution in [0.5, 0.6) is 5.75 Å². The number of hydrogen-bond acceptors (Lipinski definition) is 3. The van der Waals surface area contributed by atoms with Crippen molar-refractivity contribution in [3.05, 3.63) is 59.9 Å². The minimum Gasteiger partial charge on any atom is -0.432 e. The van der Waals surface area contributed by atoms with E-state index in [0.29, 0.717) is 22.4 Å². The molecule has 0 bridgehead atoms. The predicted octanol–water partition coefficient (Wildman–Crippen LogP) is 4.47. The highest BCUT2D eigenvalue weighted by atomic mass is 32.1. The van der Waals surface area contributed by atoms with Crippen molar-refractivity contribution in [3.63, 3.8) is 0 Å². The zero-order valence-electron chi connectivity index (χ0n) is 14.6. The molecule has 1 saturated heterocycles. The molecule has 1 heterocycles. The molecule has 1 fully saturated rings. The van der Waals surface area contributed by atoms with Gasteiger partial charge in [0.05, 0.1) is 5.69 Å². The van der Waals surface area contributed by atoms with Gasteiger partial charge in [-0.1, -0.05) is 25.1 Å². The van der Waals surface area contributed by atoms with Gasteiger partial charge >= 0.3 is 0 Å². The molecule has 136 valence electrons. The van der Waals surface area contributed by atoms with Gasteiger partial charge in [-0.3, -0.25) is 4.79 Å². The molecule has 0 atom stereocenters. The van der Waals surface area contributed by atoms with Crippen LogP contribution < -0.4 is 10.1 Å². The summed E-state index contributed by atoms with van der Waals surface area (Å²) in [5.74, 6) is 0.321. The Bertz CT molecular complexity index is 804. The van der Waals surface area contributed by atoms with Gasteiger partial charge in [0, 0.05) is 18.7 Å². The van der Waals surface area contributed by atoms with Crippen molar-refractivity contribution in [2.45, 2.75) is 19.8 Å². The van der Waals surface area contributed by atoms with Crippen molar-refractivity contribution in [1.29, 1.82) is 0 Å². The molecule has 0 aromatic heterocycles. The molecule has 2 aromatic carbocycles. The van der Waals surface area contributed by atoms with Gasteiger partial charge in [-0.15, -0.1) is 0 Å². The number of para-hydroxylation sites is 1. The zero-order valence-corrected chi connectivity index (χ0v) is 15.4. The highest BCUT2D eigenvalue weighted by Gasteiger charge is 2.19. The van der Waals surface area contributed by atoms with Gasteiger partial charge in [0.25, 0.3) is 11.1 Å². The summed E-state index contributed by atoms with van der Waals surface area (Å²) in [5, 5.41) is 2.98. The van der Waals surface area contributed by atoms with Gasteiger partial charge in [0.15, 0.2) is 0 Å². The van der Waals surface area contributed by atoms with E-state index in [0.717, 1.165) is 25.9 Å². The van der Waals surface area contributed by atoms with Crippen molar-refractivity contribution in [3.8, 4) is 5.75 Å². The summed E-state index contributed by atoms with van der Waals surface area (Å²) < 4.78 is 19.4. The molecule has 2 aromatic rings. The monoisotopic (exact) mass is 372 g/mol. The van der Waals surface area contributed by atoms with E-state index in [1.165, 1.54) is 12.1 Å². The maximum Gasteiger partial charge on any atom is 0.264 e. The molecule has 0 aliphatic carbocycles. The first-order chi connectivity index (χ1) is 12.5. The van der Waals surface area contributed by atoms with Crippen LogP contribution >= 0.6 is 12.2 Å². The molecule has 1 aliphatic heterocycles. The molecular formula is C20H21FN2O2S. The topological polar surface area (TPSA) is 41.6 Å². The number of piperidine rings is 1. The Morgan fingerprint density at radius 2 is 1.92 bits per heavy atom. The average molecular weight is 372 g/mol. The fourth-order valence-corrected chi connectivity index (χ4v) is 3.09. The lowest BCUT2D eigenvalue weighted by atomic mass is 10.00. The van der Waals surface area contributed by atoms with E-state index in [4.69, 9.17) is 17.0 Å². The van der Waals surface area contributed by atoms with E-state index < -0.39 is 11.7 Å². The van der Waals surface area contributed by atoms with Crippen LogP contribution in [0.1, 0.15) is 30.1 Å². The number of carbonyl (C=O) groups is 1. The number of halogens is 1. The number of benzene rings is 2. The largest absolute Gasteiger partial charge is 0.432 e. The smallest absolute Gasteiger partial charge is 0.264 e. The zero-order chi connectivity index (χ0) is 18.5. The lowest BCUT2D eigenvalue weighted by Crippen LogP contribution is -2.39. The van der Waals surface area contributed by atoms with Crippen LogP contribution in [-0.2, 0) is 0 Å². The van der Waals surface area contributed by atoms with Crippen LogP contribution in [0.25, 0.3) is 0 Å². The molecule has 1 amide bonds. The third-order valence-corrected chi connectivity index (χ3v) is 4.81. The molecule has 6 heteroatoms. The van der Waals surface area contributed by atoms with Crippen molar-refractivity contribution in [2.75, 3.05) is 18.4 Å². The SMILES string of the molecule is CC1CCN(C(=S)Oc2cccc(C(=O)Nc3ccccc3F)c2)CC1. The standard InChI is InChI=1S/C20H21FN2O2S/c1-14-9-11-23(12-10-14)20(26)25-16-6-4-5-15(13-16)19(24)22-18-8-3-2-7-17(18)21/h2-8,13-14H,9-12H2,1H3,(H,22,24). The van der Waals surface area contributed by atoms with Gasteiger partial charge in [0.1, 0.15) is 11.6 Å². The number of hydrogen-bond donors (Lipinski definition) is 1. The van der Waals surface area contributed by atoms with Gasteiger partial charge in [-0.25, -0.2) is 4.39 Å². The molecule has 0 spiro atoms. The fraction of sp³-hybridized carbons (Fsp3) is 0.300. The number of carbonyl (C=O) groups excluding carboxylic acids is 1. The van der Waals surface area contributed by atoms with Crippen molar-refractivity contribution in [1.82, 2.24) is 4.90 Å². The van der Waals surface area contributed by atoms with E-state index in [1.807, 2.05) is 4.90 Å². The van der Waals surface area contributed by atoms with E-state index >= 15 is 0 Å². The normalized spacial score (nSPS) is 14.8. The third kappa shape index (κ3) is 4.58. The summed E-state index contributed by atoms with van der Waals surface area (Å²) in [6.45, 7) is 4.00. The summed E-state index contributed by atoms with van der Waals surface area (Å²) in [4.78, 5) is 14.4. The molecule has 4 nitrogen and oxygen atoms in total. The third-order valence-electron chi connectivity index (χ3n) is 4.47. The number of rotatable bonds is 3. The van der Waals surface area contributed by atoms with Gasteiger partial charge in [-0.2, -0.15) is 0 Å². The first-order valence-corrected chi connectivity index (χ1v) is 9.06. The minimum absolute atomic E-state index is 0.141. The van der Waals surface area contributed by atoms with Gasteiger partial charge < -0.3 is 15.0 Å². The second kappa shape index (κ2) is 8.27. The van der Waals surface area contributed by atoms with Gasteiger partial charge in [0.2, 0.25) is 0 Å². The Morgan fingerprint density at radius 3 is 2.65 bits per heavy atom. The van der Waals surface area contributed by atoms with Crippen molar-refractivity contribution in [2.24, 2.45) is 5.92 Å². The summed E-state index contributed by atoms with van der Waals surface area (Å²) in [6.07, 6.45) is 2.18. The number of amides is 1. The molecule has 0 radical (unpaired) electrons. The van der Waals surface area contributed by atoms with Gasteiger partial charge in [-0.05, 0) is 61.3 Å². The lowest BCUT2D eigenvalue weighted by Gasteiger charge is -2.31. The molecule has 26 heavy (non-hydrogen) atoms. The molecule has 3 rings (SSSR count). The maximum absolute atomic E-state index is 13.7. The predicted molar refractivity (Wildman–Crippen MR) is 104 cm³/mol. The maximum atomic E-state index is 13.7. The first kappa shape index (κ1) is 18.3.